The lowest BCUT2D eigenvalue weighted by atomic mass is 9.94. The second kappa shape index (κ2) is 11.6. The molecule has 0 saturated heterocycles. The van der Waals surface area contributed by atoms with E-state index in [-0.39, 0.29) is 5.41 Å². The number of fused-ring (bicyclic) bond motifs is 1. The fourth-order valence-electron chi connectivity index (χ4n) is 4.63. The summed E-state index contributed by atoms with van der Waals surface area (Å²) in [5.41, 5.74) is 8.46. The van der Waals surface area contributed by atoms with Gasteiger partial charge in [-0.25, -0.2) is 0 Å². The maximum absolute atomic E-state index is 5.93. The molecule has 5 rings (SSSR count). The maximum Gasteiger partial charge on any atom is 0.135 e. The van der Waals surface area contributed by atoms with E-state index in [9.17, 15) is 0 Å². The van der Waals surface area contributed by atoms with Gasteiger partial charge in [-0.15, -0.1) is 0 Å². The molecule has 0 N–H and O–H groups in total. The zero-order chi connectivity index (χ0) is 27.2. The van der Waals surface area contributed by atoms with Gasteiger partial charge in [0.2, 0.25) is 0 Å². The van der Waals surface area contributed by atoms with Gasteiger partial charge in [-0.2, -0.15) is 0 Å². The van der Waals surface area contributed by atoms with Crippen molar-refractivity contribution in [3.8, 4) is 5.69 Å². The molecule has 3 heterocycles. The van der Waals surface area contributed by atoms with Crippen molar-refractivity contribution in [3.05, 3.63) is 113 Å². The normalized spacial score (nSPS) is 14.8. The Hall–Kier alpha value is -4.26. The van der Waals surface area contributed by atoms with Crippen LogP contribution in [0.4, 0.5) is 0 Å². The molecule has 0 aliphatic heterocycles. The first-order valence-electron chi connectivity index (χ1n) is 13.4. The Morgan fingerprint density at radius 2 is 1.77 bits per heavy atom. The van der Waals surface area contributed by atoms with E-state index < -0.39 is 0 Å². The molecule has 200 valence electrons. The first-order chi connectivity index (χ1) is 18.9. The van der Waals surface area contributed by atoms with Gasteiger partial charge in [-0.1, -0.05) is 42.4 Å². The van der Waals surface area contributed by atoms with Gasteiger partial charge in [0.25, 0.3) is 0 Å². The largest absolute Gasteiger partial charge is 0.395 e. The van der Waals surface area contributed by atoms with Crippen LogP contribution in [-0.2, 0) is 16.1 Å². The molecule has 39 heavy (non-hydrogen) atoms. The second-order valence-electron chi connectivity index (χ2n) is 10.8. The van der Waals surface area contributed by atoms with E-state index >= 15 is 0 Å². The molecule has 1 aliphatic rings. The quantitative estimate of drug-likeness (QED) is 0.188. The van der Waals surface area contributed by atoms with Crippen molar-refractivity contribution in [2.45, 2.75) is 47.0 Å². The van der Waals surface area contributed by atoms with Crippen LogP contribution >= 0.6 is 0 Å². The molecule has 0 bridgehead atoms. The Morgan fingerprint density at radius 1 is 0.949 bits per heavy atom. The van der Waals surface area contributed by atoms with E-state index in [1.54, 1.807) is 6.20 Å². The highest BCUT2D eigenvalue weighted by molar-refractivity contribution is 6.11. The van der Waals surface area contributed by atoms with Gasteiger partial charge in [0.1, 0.15) is 24.6 Å². The summed E-state index contributed by atoms with van der Waals surface area (Å²) in [5, 5.41) is 9.05. The number of nitrogens with zero attached hydrogens (tertiary/aromatic N) is 5. The van der Waals surface area contributed by atoms with Crippen molar-refractivity contribution in [1.82, 2.24) is 14.5 Å². The predicted molar refractivity (Wildman–Crippen MR) is 155 cm³/mol. The van der Waals surface area contributed by atoms with Crippen molar-refractivity contribution in [1.29, 1.82) is 0 Å². The molecule has 0 fully saturated rings. The minimum atomic E-state index is -0.311. The van der Waals surface area contributed by atoms with Gasteiger partial charge in [0.15, 0.2) is 0 Å². The van der Waals surface area contributed by atoms with Crippen LogP contribution in [-0.4, -0.2) is 39.2 Å². The smallest absolute Gasteiger partial charge is 0.135 e. The standard InChI is InChI=1S/C32H35N5O2/c1-23-20-26(15-16-29(23)37-18-7-8-19-37)31(27-11-5-6-17-33-27)36-39-22-32(3,4)21-38-35-28-12-9-10-25-14-13-24(2)34-30(25)28/h5-8,11,13-20H,9-10,12,21-22H2,1-4H3/b35-28+,36-31+. The number of aryl methyl sites for hydroxylation is 3. The molecule has 3 aromatic heterocycles. The Bertz CT molecular complexity index is 1470. The molecule has 1 aliphatic carbocycles. The molecule has 0 atom stereocenters. The van der Waals surface area contributed by atoms with Crippen molar-refractivity contribution in [3.63, 3.8) is 0 Å². The molecule has 0 amide bonds. The zero-order valence-electron chi connectivity index (χ0n) is 23.1. The molecule has 0 radical (unpaired) electrons. The second-order valence-corrected chi connectivity index (χ2v) is 10.8. The number of hydrogen-bond acceptors (Lipinski definition) is 6. The monoisotopic (exact) mass is 521 g/mol. The summed E-state index contributed by atoms with van der Waals surface area (Å²) in [7, 11) is 0. The first-order valence-corrected chi connectivity index (χ1v) is 13.4. The lowest BCUT2D eigenvalue weighted by Gasteiger charge is -2.22. The zero-order valence-corrected chi connectivity index (χ0v) is 23.1. The molecule has 0 spiro atoms. The van der Waals surface area contributed by atoms with E-state index in [1.165, 1.54) is 5.56 Å². The average Bonchev–Trinajstić information content (AvgIpc) is 3.46. The minimum absolute atomic E-state index is 0.311. The Labute approximate surface area is 230 Å². The predicted octanol–water partition coefficient (Wildman–Crippen LogP) is 6.44. The van der Waals surface area contributed by atoms with Crippen LogP contribution in [0.15, 0.2) is 89.6 Å². The molecule has 4 aromatic rings. The van der Waals surface area contributed by atoms with Gasteiger partial charge < -0.3 is 14.2 Å². The Balaban J connectivity index is 1.28. The van der Waals surface area contributed by atoms with Crippen LogP contribution in [0.5, 0.6) is 0 Å². The van der Waals surface area contributed by atoms with Gasteiger partial charge in [0.05, 0.1) is 11.4 Å². The van der Waals surface area contributed by atoms with Crippen LogP contribution < -0.4 is 0 Å². The summed E-state index contributed by atoms with van der Waals surface area (Å²) in [5.74, 6) is 0. The number of rotatable bonds is 9. The fraction of sp³-hybridized carbons (Fsp3) is 0.312. The lowest BCUT2D eigenvalue weighted by Crippen LogP contribution is -2.25. The summed E-state index contributed by atoms with van der Waals surface area (Å²) in [6, 6.07) is 20.3. The number of pyridine rings is 2. The number of benzene rings is 1. The summed E-state index contributed by atoms with van der Waals surface area (Å²) < 4.78 is 2.10. The molecular formula is C32H35N5O2. The maximum atomic E-state index is 5.93. The summed E-state index contributed by atoms with van der Waals surface area (Å²) in [4.78, 5) is 21.0. The van der Waals surface area contributed by atoms with Gasteiger partial charge >= 0.3 is 0 Å². The molecule has 0 unspecified atom stereocenters. The third-order valence-electron chi connectivity index (χ3n) is 6.75. The Morgan fingerprint density at radius 3 is 2.54 bits per heavy atom. The topological polar surface area (TPSA) is 73.9 Å². The highest BCUT2D eigenvalue weighted by Gasteiger charge is 2.23. The molecule has 0 saturated carbocycles. The van der Waals surface area contributed by atoms with E-state index in [0.29, 0.717) is 18.9 Å². The third-order valence-corrected chi connectivity index (χ3v) is 6.75. The van der Waals surface area contributed by atoms with E-state index in [1.807, 2.05) is 49.6 Å². The summed E-state index contributed by atoms with van der Waals surface area (Å²) in [6.45, 7) is 9.02. The summed E-state index contributed by atoms with van der Waals surface area (Å²) >= 11 is 0. The van der Waals surface area contributed by atoms with E-state index in [0.717, 1.165) is 58.9 Å². The van der Waals surface area contributed by atoms with Crippen molar-refractivity contribution in [2.75, 3.05) is 13.2 Å². The molecule has 7 nitrogen and oxygen atoms in total. The molecule has 7 heteroatoms. The average molecular weight is 522 g/mol. The summed E-state index contributed by atoms with van der Waals surface area (Å²) in [6.07, 6.45) is 8.82. The van der Waals surface area contributed by atoms with Gasteiger partial charge in [0, 0.05) is 41.0 Å². The van der Waals surface area contributed by atoms with Crippen LogP contribution in [0.3, 0.4) is 0 Å². The highest BCUT2D eigenvalue weighted by Crippen LogP contribution is 2.23. The van der Waals surface area contributed by atoms with Crippen LogP contribution in [0, 0.1) is 19.3 Å². The van der Waals surface area contributed by atoms with Crippen molar-refractivity contribution < 1.29 is 9.68 Å². The lowest BCUT2D eigenvalue weighted by molar-refractivity contribution is -0.0000657. The first kappa shape index (κ1) is 26.4. The number of oxime groups is 2. The SMILES string of the molecule is Cc1ccc2c(n1)/C(=N/OCC(C)(C)CO/N=C(\c1ccc(-n3cccc3)c(C)c1)c1ccccn1)CCC2. The number of hydrogen-bond donors (Lipinski definition) is 0. The minimum Gasteiger partial charge on any atom is -0.395 e. The number of aromatic nitrogens is 3. The van der Waals surface area contributed by atoms with Crippen LogP contribution in [0.1, 0.15) is 60.5 Å². The van der Waals surface area contributed by atoms with E-state index in [2.05, 4.69) is 71.0 Å². The fourth-order valence-corrected chi connectivity index (χ4v) is 4.63. The van der Waals surface area contributed by atoms with Gasteiger partial charge in [-0.3, -0.25) is 9.97 Å². The molecular weight excluding hydrogens is 486 g/mol. The van der Waals surface area contributed by atoms with Crippen LogP contribution in [0.2, 0.25) is 0 Å². The van der Waals surface area contributed by atoms with E-state index in [4.69, 9.17) is 14.7 Å². The van der Waals surface area contributed by atoms with Gasteiger partial charge in [-0.05, 0) is 86.7 Å². The van der Waals surface area contributed by atoms with Crippen molar-refractivity contribution >= 4 is 11.4 Å². The highest BCUT2D eigenvalue weighted by atomic mass is 16.6. The van der Waals surface area contributed by atoms with Crippen molar-refractivity contribution in [2.24, 2.45) is 15.7 Å². The van der Waals surface area contributed by atoms with Crippen LogP contribution in [0.25, 0.3) is 5.69 Å². The third kappa shape index (κ3) is 6.42. The Kier molecular flexibility index (Phi) is 7.87. The molecule has 1 aromatic carbocycles.